The van der Waals surface area contributed by atoms with Crippen molar-refractivity contribution in [2.24, 2.45) is 0 Å². The summed E-state index contributed by atoms with van der Waals surface area (Å²) in [5, 5.41) is 9.24. The maximum absolute atomic E-state index is 6.82. The third-order valence-electron chi connectivity index (χ3n) is 11.9. The Kier molecular flexibility index (Phi) is 7.54. The van der Waals surface area contributed by atoms with E-state index in [0.717, 1.165) is 94.3 Å². The topological polar surface area (TPSA) is 29.5 Å². The molecule has 0 N–H and O–H groups in total. The molecule has 0 aliphatic heterocycles. The van der Waals surface area contributed by atoms with Crippen molar-refractivity contribution < 1.29 is 8.83 Å². The minimum absolute atomic E-state index is 0.862. The Hall–Kier alpha value is -7.88. The van der Waals surface area contributed by atoms with Crippen LogP contribution in [0.5, 0.6) is 0 Å². The molecule has 0 saturated heterocycles. The summed E-state index contributed by atoms with van der Waals surface area (Å²) in [4.78, 5) is 2.39. The van der Waals surface area contributed by atoms with E-state index in [1.807, 2.05) is 12.1 Å². The Morgan fingerprint density at radius 1 is 0.305 bits per heavy atom. The number of para-hydroxylation sites is 3. The van der Waals surface area contributed by atoms with Crippen molar-refractivity contribution in [1.29, 1.82) is 0 Å². The summed E-state index contributed by atoms with van der Waals surface area (Å²) in [5.41, 5.74) is 13.2. The Balaban J connectivity index is 1.07. The highest BCUT2D eigenvalue weighted by molar-refractivity contribution is 6.18. The third-order valence-corrected chi connectivity index (χ3v) is 11.9. The first-order chi connectivity index (χ1) is 29.3. The number of anilines is 3. The second-order valence-corrected chi connectivity index (χ2v) is 15.2. The van der Waals surface area contributed by atoms with E-state index in [-0.39, 0.29) is 0 Å². The standard InChI is InChI=1S/C56H35NO2/c1-3-13-36(14-4-1)44-20-11-22-47-48-23-12-21-45(55(48)59-54(44)47)39-27-30-41(31-28-39)57(42-32-29-40-26-25-38-17-7-8-18-43(38)50(40)35-42)51-34-33-46(37-15-5-2-6-16-37)56-53(51)49-19-9-10-24-52(49)58-56/h1-35H. The summed E-state index contributed by atoms with van der Waals surface area (Å²) in [6, 6.07) is 75.5. The van der Waals surface area contributed by atoms with Crippen molar-refractivity contribution in [2.75, 3.05) is 4.90 Å². The van der Waals surface area contributed by atoms with Gasteiger partial charge in [0.1, 0.15) is 22.3 Å². The second kappa shape index (κ2) is 13.4. The molecule has 12 aromatic rings. The molecule has 0 aliphatic carbocycles. The highest BCUT2D eigenvalue weighted by atomic mass is 16.3. The lowest BCUT2D eigenvalue weighted by molar-refractivity contribution is 0.670. The number of nitrogens with zero attached hydrogens (tertiary/aromatic N) is 1. The smallest absolute Gasteiger partial charge is 0.145 e. The van der Waals surface area contributed by atoms with Crippen molar-refractivity contribution >= 4 is 82.5 Å². The van der Waals surface area contributed by atoms with Gasteiger partial charge in [0, 0.05) is 44.2 Å². The van der Waals surface area contributed by atoms with Crippen LogP contribution in [-0.4, -0.2) is 0 Å². The number of furan rings is 2. The van der Waals surface area contributed by atoms with Gasteiger partial charge in [0.05, 0.1) is 11.1 Å². The van der Waals surface area contributed by atoms with Gasteiger partial charge in [0.2, 0.25) is 0 Å². The Labute approximate surface area is 340 Å². The van der Waals surface area contributed by atoms with Gasteiger partial charge in [-0.25, -0.2) is 0 Å². The fourth-order valence-electron chi connectivity index (χ4n) is 9.08. The first-order valence-electron chi connectivity index (χ1n) is 20.1. The molecule has 3 heteroatoms. The van der Waals surface area contributed by atoms with Gasteiger partial charge in [0.15, 0.2) is 0 Å². The molecule has 0 saturated carbocycles. The average molecular weight is 754 g/mol. The Morgan fingerprint density at radius 2 is 0.831 bits per heavy atom. The van der Waals surface area contributed by atoms with E-state index < -0.39 is 0 Å². The van der Waals surface area contributed by atoms with Gasteiger partial charge in [-0.2, -0.15) is 0 Å². The van der Waals surface area contributed by atoms with Crippen molar-refractivity contribution in [3.05, 3.63) is 212 Å². The van der Waals surface area contributed by atoms with Crippen molar-refractivity contribution in [3.8, 4) is 33.4 Å². The second-order valence-electron chi connectivity index (χ2n) is 15.2. The van der Waals surface area contributed by atoms with Crippen molar-refractivity contribution in [2.45, 2.75) is 0 Å². The molecule has 0 radical (unpaired) electrons. The predicted molar refractivity (Wildman–Crippen MR) is 247 cm³/mol. The first kappa shape index (κ1) is 33.3. The summed E-state index contributed by atoms with van der Waals surface area (Å²) in [5.74, 6) is 0. The summed E-state index contributed by atoms with van der Waals surface area (Å²) >= 11 is 0. The van der Waals surface area contributed by atoms with Gasteiger partial charge in [-0.1, -0.05) is 170 Å². The van der Waals surface area contributed by atoms with E-state index >= 15 is 0 Å². The highest BCUT2D eigenvalue weighted by Crippen LogP contribution is 2.47. The lowest BCUT2D eigenvalue weighted by Gasteiger charge is -2.27. The number of hydrogen-bond donors (Lipinski definition) is 0. The lowest BCUT2D eigenvalue weighted by Crippen LogP contribution is -2.10. The van der Waals surface area contributed by atoms with E-state index in [1.54, 1.807) is 0 Å². The average Bonchev–Trinajstić information content (AvgIpc) is 3.90. The Bertz CT molecular complexity index is 3540. The largest absolute Gasteiger partial charge is 0.455 e. The number of rotatable bonds is 6. The van der Waals surface area contributed by atoms with Gasteiger partial charge in [-0.05, 0) is 80.7 Å². The molecule has 0 amide bonds. The van der Waals surface area contributed by atoms with E-state index in [1.165, 1.54) is 21.5 Å². The fourth-order valence-corrected chi connectivity index (χ4v) is 9.08. The van der Waals surface area contributed by atoms with E-state index in [9.17, 15) is 0 Å². The van der Waals surface area contributed by atoms with Crippen LogP contribution in [0, 0.1) is 0 Å². The molecule has 2 heterocycles. The minimum Gasteiger partial charge on any atom is -0.455 e. The maximum atomic E-state index is 6.82. The van der Waals surface area contributed by atoms with Gasteiger partial charge in [-0.3, -0.25) is 0 Å². The van der Waals surface area contributed by atoms with Crippen LogP contribution in [0.2, 0.25) is 0 Å². The van der Waals surface area contributed by atoms with Crippen LogP contribution < -0.4 is 4.90 Å². The summed E-state index contributed by atoms with van der Waals surface area (Å²) < 4.78 is 13.6. The lowest BCUT2D eigenvalue weighted by atomic mass is 9.98. The van der Waals surface area contributed by atoms with Crippen LogP contribution in [0.25, 0.3) is 98.8 Å². The monoisotopic (exact) mass is 753 g/mol. The van der Waals surface area contributed by atoms with Crippen LogP contribution in [0.15, 0.2) is 221 Å². The molecule has 276 valence electrons. The minimum atomic E-state index is 0.862. The zero-order chi connectivity index (χ0) is 38.9. The molecule has 0 atom stereocenters. The number of fused-ring (bicyclic) bond motifs is 9. The molecule has 0 bridgehead atoms. The predicted octanol–water partition coefficient (Wildman–Crippen LogP) is 16.3. The fraction of sp³-hybridized carbons (Fsp3) is 0. The molecule has 2 aromatic heterocycles. The van der Waals surface area contributed by atoms with Crippen LogP contribution in [0.4, 0.5) is 17.1 Å². The first-order valence-corrected chi connectivity index (χ1v) is 20.1. The molecule has 12 rings (SSSR count). The van der Waals surface area contributed by atoms with Gasteiger partial charge < -0.3 is 13.7 Å². The zero-order valence-corrected chi connectivity index (χ0v) is 32.0. The van der Waals surface area contributed by atoms with Gasteiger partial charge >= 0.3 is 0 Å². The number of hydrogen-bond acceptors (Lipinski definition) is 3. The molecule has 0 unspecified atom stereocenters. The summed E-state index contributed by atoms with van der Waals surface area (Å²) in [7, 11) is 0. The SMILES string of the molecule is c1ccc(-c2cccc3c2oc2c(-c4ccc(N(c5ccc6ccc7ccccc7c6c5)c5ccc(-c6ccccc6)c6oc7ccccc7c56)cc4)cccc23)cc1. The van der Waals surface area contributed by atoms with E-state index in [2.05, 4.69) is 205 Å². The third kappa shape index (κ3) is 5.36. The molecular weight excluding hydrogens is 719 g/mol. The van der Waals surface area contributed by atoms with Crippen LogP contribution in [0.3, 0.4) is 0 Å². The van der Waals surface area contributed by atoms with Crippen molar-refractivity contribution in [3.63, 3.8) is 0 Å². The van der Waals surface area contributed by atoms with Gasteiger partial charge in [-0.15, -0.1) is 0 Å². The molecule has 10 aromatic carbocycles. The molecule has 3 nitrogen and oxygen atoms in total. The molecule has 0 fully saturated rings. The van der Waals surface area contributed by atoms with Crippen molar-refractivity contribution in [1.82, 2.24) is 0 Å². The molecule has 59 heavy (non-hydrogen) atoms. The maximum Gasteiger partial charge on any atom is 0.145 e. The summed E-state index contributed by atoms with van der Waals surface area (Å²) in [6.07, 6.45) is 0. The van der Waals surface area contributed by atoms with Gasteiger partial charge in [0.25, 0.3) is 0 Å². The molecule has 0 aliphatic rings. The van der Waals surface area contributed by atoms with Crippen LogP contribution in [0.1, 0.15) is 0 Å². The molecule has 0 spiro atoms. The van der Waals surface area contributed by atoms with Crippen LogP contribution >= 0.6 is 0 Å². The normalized spacial score (nSPS) is 11.7. The Morgan fingerprint density at radius 3 is 1.53 bits per heavy atom. The number of benzene rings is 10. The van der Waals surface area contributed by atoms with E-state index in [4.69, 9.17) is 8.83 Å². The quantitative estimate of drug-likeness (QED) is 0.158. The summed E-state index contributed by atoms with van der Waals surface area (Å²) in [6.45, 7) is 0. The highest BCUT2D eigenvalue weighted by Gasteiger charge is 2.23. The zero-order valence-electron chi connectivity index (χ0n) is 32.0. The molecular formula is C56H35NO2. The van der Waals surface area contributed by atoms with Crippen LogP contribution in [-0.2, 0) is 0 Å². The van der Waals surface area contributed by atoms with E-state index in [0.29, 0.717) is 0 Å².